The van der Waals surface area contributed by atoms with Crippen LogP contribution in [-0.4, -0.2) is 46.9 Å². The molecule has 1 fully saturated rings. The maximum Gasteiger partial charge on any atom is 0.276 e. The molecule has 4 aromatic rings. The molecule has 1 aliphatic heterocycles. The highest BCUT2D eigenvalue weighted by Crippen LogP contribution is 2.26. The molecule has 7 nitrogen and oxygen atoms in total. The van der Waals surface area contributed by atoms with Gasteiger partial charge in [-0.1, -0.05) is 0 Å². The number of fused-ring (bicyclic) bond motifs is 1. The van der Waals surface area contributed by atoms with Crippen molar-refractivity contribution < 1.29 is 4.79 Å². The maximum atomic E-state index is 12.8. The van der Waals surface area contributed by atoms with Gasteiger partial charge in [0.25, 0.3) is 5.91 Å². The number of anilines is 2. The zero-order chi connectivity index (χ0) is 19.6. The summed E-state index contributed by atoms with van der Waals surface area (Å²) in [5, 5.41) is 14.0. The molecule has 8 heteroatoms. The van der Waals surface area contributed by atoms with Crippen LogP contribution in [-0.2, 0) is 0 Å². The van der Waals surface area contributed by atoms with Gasteiger partial charge in [0, 0.05) is 43.3 Å². The molecule has 29 heavy (non-hydrogen) atoms. The summed E-state index contributed by atoms with van der Waals surface area (Å²) in [6.07, 6.45) is 5.25. The van der Waals surface area contributed by atoms with Crippen LogP contribution in [0.5, 0.6) is 0 Å². The normalized spacial score (nSPS) is 14.3. The predicted octanol–water partition coefficient (Wildman–Crippen LogP) is 3.14. The van der Waals surface area contributed by atoms with Crippen LogP contribution in [0.2, 0.25) is 0 Å². The number of thiophene rings is 1. The third-order valence-electron chi connectivity index (χ3n) is 5.03. The molecule has 0 saturated carbocycles. The van der Waals surface area contributed by atoms with Crippen molar-refractivity contribution in [3.8, 4) is 5.69 Å². The lowest BCUT2D eigenvalue weighted by Gasteiger charge is -2.30. The topological polar surface area (TPSA) is 75.1 Å². The van der Waals surface area contributed by atoms with Gasteiger partial charge < -0.3 is 15.5 Å². The Morgan fingerprint density at radius 1 is 1.14 bits per heavy atom. The highest BCUT2D eigenvalue weighted by Gasteiger charge is 2.17. The van der Waals surface area contributed by atoms with Crippen LogP contribution >= 0.6 is 11.3 Å². The Labute approximate surface area is 172 Å². The van der Waals surface area contributed by atoms with Gasteiger partial charge in [0.2, 0.25) is 0 Å². The molecule has 1 amide bonds. The highest BCUT2D eigenvalue weighted by molar-refractivity contribution is 7.17. The van der Waals surface area contributed by atoms with Crippen molar-refractivity contribution in [3.63, 3.8) is 0 Å². The first kappa shape index (κ1) is 17.8. The van der Waals surface area contributed by atoms with E-state index in [1.807, 2.05) is 18.3 Å². The van der Waals surface area contributed by atoms with Gasteiger partial charge in [-0.05, 0) is 47.2 Å². The van der Waals surface area contributed by atoms with E-state index >= 15 is 0 Å². The number of hydrogen-bond donors (Lipinski definition) is 2. The Morgan fingerprint density at radius 3 is 2.93 bits per heavy atom. The molecule has 2 N–H and O–H groups in total. The van der Waals surface area contributed by atoms with Crippen molar-refractivity contribution in [2.75, 3.05) is 36.4 Å². The Bertz CT molecular complexity index is 1160. The van der Waals surface area contributed by atoms with Crippen molar-refractivity contribution >= 4 is 38.7 Å². The van der Waals surface area contributed by atoms with Crippen molar-refractivity contribution in [2.45, 2.75) is 0 Å². The summed E-state index contributed by atoms with van der Waals surface area (Å²) in [5.41, 5.74) is 2.98. The van der Waals surface area contributed by atoms with Crippen molar-refractivity contribution in [3.05, 3.63) is 66.1 Å². The van der Waals surface area contributed by atoms with Crippen molar-refractivity contribution in [1.82, 2.24) is 20.1 Å². The fraction of sp³-hybridized carbons (Fsp3) is 0.190. The van der Waals surface area contributed by atoms with Gasteiger partial charge in [-0.2, -0.15) is 5.10 Å². The first-order valence-corrected chi connectivity index (χ1v) is 10.4. The van der Waals surface area contributed by atoms with E-state index in [2.05, 4.69) is 49.2 Å². The number of benzene rings is 1. The molecule has 3 aromatic heterocycles. The molecule has 1 aliphatic rings. The average Bonchev–Trinajstić information content (AvgIpc) is 3.44. The van der Waals surface area contributed by atoms with Crippen LogP contribution in [0.1, 0.15) is 10.5 Å². The van der Waals surface area contributed by atoms with Crippen LogP contribution in [0.3, 0.4) is 0 Å². The van der Waals surface area contributed by atoms with Gasteiger partial charge in [0.1, 0.15) is 0 Å². The summed E-state index contributed by atoms with van der Waals surface area (Å²) < 4.78 is 2.96. The lowest BCUT2D eigenvalue weighted by Crippen LogP contribution is -2.43. The summed E-state index contributed by atoms with van der Waals surface area (Å²) in [6.45, 7) is 3.64. The molecule has 0 radical (unpaired) electrons. The zero-order valence-electron chi connectivity index (χ0n) is 15.7. The Kier molecular flexibility index (Phi) is 4.71. The van der Waals surface area contributed by atoms with Crippen LogP contribution in [0.15, 0.2) is 60.4 Å². The van der Waals surface area contributed by atoms with E-state index in [0.29, 0.717) is 11.4 Å². The SMILES string of the molecule is O=C(Nc1cnccc1N1CCNCC1)c1ccn(-c2ccc3sccc3c2)n1. The van der Waals surface area contributed by atoms with Gasteiger partial charge in [0.15, 0.2) is 5.69 Å². The van der Waals surface area contributed by atoms with E-state index in [0.717, 1.165) is 37.6 Å². The summed E-state index contributed by atoms with van der Waals surface area (Å²) in [7, 11) is 0. The minimum Gasteiger partial charge on any atom is -0.367 e. The number of nitrogens with one attached hydrogen (secondary N) is 2. The second-order valence-corrected chi connectivity index (χ2v) is 7.82. The van der Waals surface area contributed by atoms with Crippen LogP contribution < -0.4 is 15.5 Å². The lowest BCUT2D eigenvalue weighted by molar-refractivity contribution is 0.102. The Hall–Kier alpha value is -3.23. The summed E-state index contributed by atoms with van der Waals surface area (Å²) in [5.74, 6) is -0.246. The summed E-state index contributed by atoms with van der Waals surface area (Å²) >= 11 is 1.71. The second kappa shape index (κ2) is 7.65. The second-order valence-electron chi connectivity index (χ2n) is 6.87. The number of amides is 1. The van der Waals surface area contributed by atoms with Crippen LogP contribution in [0, 0.1) is 0 Å². The number of carbonyl (C=O) groups excluding carboxylic acids is 1. The molecule has 4 heterocycles. The highest BCUT2D eigenvalue weighted by atomic mass is 32.1. The third-order valence-corrected chi connectivity index (χ3v) is 5.92. The molecule has 5 rings (SSSR count). The molecule has 0 atom stereocenters. The smallest absolute Gasteiger partial charge is 0.276 e. The van der Waals surface area contributed by atoms with Crippen molar-refractivity contribution in [2.24, 2.45) is 0 Å². The van der Waals surface area contributed by atoms with Crippen LogP contribution in [0.25, 0.3) is 15.8 Å². The minimum absolute atomic E-state index is 0.246. The minimum atomic E-state index is -0.246. The Morgan fingerprint density at radius 2 is 2.03 bits per heavy atom. The van der Waals surface area contributed by atoms with E-state index in [9.17, 15) is 4.79 Å². The number of rotatable bonds is 4. The third kappa shape index (κ3) is 3.59. The van der Waals surface area contributed by atoms with Gasteiger partial charge >= 0.3 is 0 Å². The van der Waals surface area contributed by atoms with Crippen LogP contribution in [0.4, 0.5) is 11.4 Å². The monoisotopic (exact) mass is 404 g/mol. The molecular weight excluding hydrogens is 384 g/mol. The van der Waals surface area contributed by atoms with Crippen molar-refractivity contribution in [1.29, 1.82) is 0 Å². The number of aromatic nitrogens is 3. The number of pyridine rings is 1. The number of hydrogen-bond acceptors (Lipinski definition) is 6. The first-order valence-electron chi connectivity index (χ1n) is 9.52. The lowest BCUT2D eigenvalue weighted by atomic mass is 10.2. The molecule has 1 saturated heterocycles. The Balaban J connectivity index is 1.37. The molecular formula is C21H20N6OS. The fourth-order valence-electron chi connectivity index (χ4n) is 3.54. The van der Waals surface area contributed by atoms with Gasteiger partial charge in [-0.3, -0.25) is 9.78 Å². The van der Waals surface area contributed by atoms with Gasteiger partial charge in [-0.15, -0.1) is 11.3 Å². The van der Waals surface area contributed by atoms with E-state index in [4.69, 9.17) is 0 Å². The maximum absolute atomic E-state index is 12.8. The molecule has 0 spiro atoms. The molecule has 0 bridgehead atoms. The number of carbonyl (C=O) groups is 1. The number of piperazine rings is 1. The number of nitrogens with zero attached hydrogens (tertiary/aromatic N) is 4. The standard InChI is InChI=1S/C21H20N6OS/c28-21(24-18-14-23-6-3-19(18)26-10-7-22-8-11-26)17-4-9-27(25-17)16-1-2-20-15(13-16)5-12-29-20/h1-6,9,12-14,22H,7-8,10-11H2,(H,24,28). The summed E-state index contributed by atoms with van der Waals surface area (Å²) in [6, 6.07) is 11.9. The summed E-state index contributed by atoms with van der Waals surface area (Å²) in [4.78, 5) is 19.3. The van der Waals surface area contributed by atoms with E-state index in [1.54, 1.807) is 34.5 Å². The molecule has 146 valence electrons. The predicted molar refractivity (Wildman–Crippen MR) is 116 cm³/mol. The molecule has 0 aliphatic carbocycles. The first-order chi connectivity index (χ1) is 14.3. The van der Waals surface area contributed by atoms with E-state index in [-0.39, 0.29) is 5.91 Å². The largest absolute Gasteiger partial charge is 0.367 e. The quantitative estimate of drug-likeness (QED) is 0.547. The molecule has 1 aromatic carbocycles. The van der Waals surface area contributed by atoms with Gasteiger partial charge in [-0.25, -0.2) is 4.68 Å². The fourth-order valence-corrected chi connectivity index (χ4v) is 4.31. The van der Waals surface area contributed by atoms with Gasteiger partial charge in [0.05, 0.1) is 23.3 Å². The zero-order valence-corrected chi connectivity index (χ0v) is 16.5. The average molecular weight is 404 g/mol. The van der Waals surface area contributed by atoms with E-state index in [1.165, 1.54) is 10.1 Å². The van der Waals surface area contributed by atoms with E-state index < -0.39 is 0 Å². The molecule has 0 unspecified atom stereocenters.